The summed E-state index contributed by atoms with van der Waals surface area (Å²) < 4.78 is 14.7. The minimum Gasteiger partial charge on any atom is -0.292 e. The molecule has 1 aliphatic rings. The molecule has 0 heterocycles. The van der Waals surface area contributed by atoms with Crippen molar-refractivity contribution in [1.82, 2.24) is 0 Å². The Morgan fingerprint density at radius 2 is 2.05 bits per heavy atom. The number of hydrogen-bond acceptors (Lipinski definition) is 3. The van der Waals surface area contributed by atoms with Crippen LogP contribution in [0.15, 0.2) is 12.1 Å². The first-order valence-corrected chi connectivity index (χ1v) is 8.12. The third kappa shape index (κ3) is 3.91. The molecule has 0 spiro atoms. The quantitative estimate of drug-likeness (QED) is 0.327. The Balaban J connectivity index is 2.22. The van der Waals surface area contributed by atoms with Gasteiger partial charge in [-0.1, -0.05) is 22.6 Å². The maximum absolute atomic E-state index is 14.0. The van der Waals surface area contributed by atoms with Gasteiger partial charge in [-0.15, -0.1) is 0 Å². The molecule has 0 aromatic heterocycles. The van der Waals surface area contributed by atoms with E-state index in [1.165, 1.54) is 6.07 Å². The summed E-state index contributed by atoms with van der Waals surface area (Å²) in [5.41, 5.74) is 1.35. The smallest absolute Gasteiger partial charge is 0.292 e. The largest absolute Gasteiger partial charge is 0.376 e. The highest BCUT2D eigenvalue weighted by Gasteiger charge is 2.29. The number of carbonyl (C=O) groups excluding carboxylic acids is 1. The van der Waals surface area contributed by atoms with E-state index in [4.69, 9.17) is 9.78 Å². The fourth-order valence-electron chi connectivity index (χ4n) is 1.89. The standard InChI is InChI=1S/C15H18FIO3/c1-15(2,3)20-19-14(18)12-7-11(9-4-5-9)10(8-17)6-13(12)16/h6-7,9H,4-5,8H2,1-3H3. The Morgan fingerprint density at radius 3 is 2.55 bits per heavy atom. The van der Waals surface area contributed by atoms with Crippen LogP contribution in [0, 0.1) is 5.82 Å². The number of rotatable bonds is 4. The van der Waals surface area contributed by atoms with Gasteiger partial charge in [0.2, 0.25) is 0 Å². The van der Waals surface area contributed by atoms with Crippen molar-refractivity contribution in [2.45, 2.75) is 49.6 Å². The number of carbonyl (C=O) groups is 1. The van der Waals surface area contributed by atoms with Crippen LogP contribution in [0.25, 0.3) is 0 Å². The van der Waals surface area contributed by atoms with Gasteiger partial charge in [0.25, 0.3) is 0 Å². The Morgan fingerprint density at radius 1 is 1.40 bits per heavy atom. The Hall–Kier alpha value is -0.690. The summed E-state index contributed by atoms with van der Waals surface area (Å²) in [5, 5.41) is 0. The lowest BCUT2D eigenvalue weighted by atomic mass is 10.0. The van der Waals surface area contributed by atoms with E-state index in [0.29, 0.717) is 5.92 Å². The van der Waals surface area contributed by atoms with Crippen LogP contribution in [0.2, 0.25) is 0 Å². The molecule has 1 saturated carbocycles. The molecule has 0 atom stereocenters. The van der Waals surface area contributed by atoms with Crippen LogP contribution in [-0.2, 0) is 14.2 Å². The summed E-state index contributed by atoms with van der Waals surface area (Å²) in [6.45, 7) is 5.27. The molecule has 5 heteroatoms. The molecule has 1 aromatic carbocycles. The third-order valence-electron chi connectivity index (χ3n) is 2.98. The van der Waals surface area contributed by atoms with Crippen LogP contribution in [0.5, 0.6) is 0 Å². The highest BCUT2D eigenvalue weighted by molar-refractivity contribution is 14.1. The number of halogens is 2. The number of benzene rings is 1. The molecule has 1 aromatic rings. The molecule has 0 aliphatic heterocycles. The van der Waals surface area contributed by atoms with Gasteiger partial charge >= 0.3 is 5.97 Å². The van der Waals surface area contributed by atoms with Crippen molar-refractivity contribution < 1.29 is 19.0 Å². The van der Waals surface area contributed by atoms with Crippen molar-refractivity contribution in [2.75, 3.05) is 0 Å². The van der Waals surface area contributed by atoms with Crippen molar-refractivity contribution in [3.63, 3.8) is 0 Å². The molecule has 0 bridgehead atoms. The zero-order chi connectivity index (χ0) is 14.9. The molecule has 0 unspecified atom stereocenters. The van der Waals surface area contributed by atoms with Crippen LogP contribution < -0.4 is 0 Å². The van der Waals surface area contributed by atoms with Crippen LogP contribution in [0.1, 0.15) is 61.0 Å². The normalized spacial score (nSPS) is 15.2. The maximum atomic E-state index is 14.0. The van der Waals surface area contributed by atoms with Crippen molar-refractivity contribution in [2.24, 2.45) is 0 Å². The van der Waals surface area contributed by atoms with Crippen molar-refractivity contribution in [1.29, 1.82) is 0 Å². The fourth-order valence-corrected chi connectivity index (χ4v) is 2.55. The minimum atomic E-state index is -0.778. The number of hydrogen-bond donors (Lipinski definition) is 0. The van der Waals surface area contributed by atoms with Crippen molar-refractivity contribution >= 4 is 28.6 Å². The molecule has 0 radical (unpaired) electrons. The first kappa shape index (κ1) is 15.7. The molecule has 3 nitrogen and oxygen atoms in total. The van der Waals surface area contributed by atoms with Gasteiger partial charge in [0.05, 0.1) is 5.56 Å². The van der Waals surface area contributed by atoms with Gasteiger partial charge in [0.1, 0.15) is 11.4 Å². The van der Waals surface area contributed by atoms with Gasteiger partial charge < -0.3 is 0 Å². The zero-order valence-electron chi connectivity index (χ0n) is 11.8. The summed E-state index contributed by atoms with van der Waals surface area (Å²) in [6, 6.07) is 3.06. The molecule has 1 fully saturated rings. The van der Waals surface area contributed by atoms with Crippen LogP contribution in [0.4, 0.5) is 4.39 Å². The first-order chi connectivity index (χ1) is 9.31. The van der Waals surface area contributed by atoms with E-state index in [9.17, 15) is 9.18 Å². The second kappa shape index (κ2) is 5.97. The van der Waals surface area contributed by atoms with Gasteiger partial charge in [-0.2, -0.15) is 4.89 Å². The topological polar surface area (TPSA) is 35.5 Å². The lowest BCUT2D eigenvalue weighted by Gasteiger charge is -2.17. The Labute approximate surface area is 131 Å². The molecule has 0 amide bonds. The molecule has 20 heavy (non-hydrogen) atoms. The summed E-state index contributed by atoms with van der Waals surface area (Å²) in [7, 11) is 0. The van der Waals surface area contributed by atoms with Gasteiger partial charge in [0, 0.05) is 4.43 Å². The monoisotopic (exact) mass is 392 g/mol. The van der Waals surface area contributed by atoms with Gasteiger partial charge in [0.15, 0.2) is 0 Å². The molecular weight excluding hydrogens is 374 g/mol. The lowest BCUT2D eigenvalue weighted by molar-refractivity contribution is -0.301. The van der Waals surface area contributed by atoms with E-state index >= 15 is 0 Å². The molecule has 1 aliphatic carbocycles. The SMILES string of the molecule is CC(C)(C)OOC(=O)c1cc(C2CC2)c(CI)cc1F. The summed E-state index contributed by atoms with van der Waals surface area (Å²) >= 11 is 2.21. The van der Waals surface area contributed by atoms with Crippen molar-refractivity contribution in [3.8, 4) is 0 Å². The van der Waals surface area contributed by atoms with Crippen LogP contribution in [0.3, 0.4) is 0 Å². The van der Waals surface area contributed by atoms with Crippen LogP contribution in [-0.4, -0.2) is 11.6 Å². The average molecular weight is 392 g/mol. The molecule has 0 N–H and O–H groups in total. The van der Waals surface area contributed by atoms with Crippen LogP contribution >= 0.6 is 22.6 Å². The Kier molecular flexibility index (Phi) is 4.69. The van der Waals surface area contributed by atoms with E-state index in [0.717, 1.165) is 28.4 Å². The summed E-state index contributed by atoms with van der Waals surface area (Å²) in [5.74, 6) is -0.877. The summed E-state index contributed by atoms with van der Waals surface area (Å²) in [4.78, 5) is 21.6. The first-order valence-electron chi connectivity index (χ1n) is 6.60. The highest BCUT2D eigenvalue weighted by atomic mass is 127. The van der Waals surface area contributed by atoms with E-state index in [-0.39, 0.29) is 5.56 Å². The van der Waals surface area contributed by atoms with Gasteiger partial charge in [-0.05, 0) is 62.8 Å². The maximum Gasteiger partial charge on any atom is 0.376 e. The van der Waals surface area contributed by atoms with E-state index in [1.54, 1.807) is 26.8 Å². The van der Waals surface area contributed by atoms with E-state index in [2.05, 4.69) is 22.6 Å². The summed E-state index contributed by atoms with van der Waals surface area (Å²) in [6.07, 6.45) is 2.20. The predicted molar refractivity (Wildman–Crippen MR) is 82.4 cm³/mol. The van der Waals surface area contributed by atoms with Gasteiger partial charge in [-0.3, -0.25) is 4.89 Å². The molecule has 0 saturated heterocycles. The third-order valence-corrected chi connectivity index (χ3v) is 3.80. The van der Waals surface area contributed by atoms with E-state index in [1.807, 2.05) is 0 Å². The lowest BCUT2D eigenvalue weighted by Crippen LogP contribution is -2.22. The predicted octanol–water partition coefficient (Wildman–Crippen LogP) is 4.53. The molecule has 2 rings (SSSR count). The Bertz CT molecular complexity index is 519. The van der Waals surface area contributed by atoms with Crippen molar-refractivity contribution in [3.05, 3.63) is 34.6 Å². The number of alkyl halides is 1. The minimum absolute atomic E-state index is 0.0512. The highest BCUT2D eigenvalue weighted by Crippen LogP contribution is 2.43. The second-order valence-electron chi connectivity index (χ2n) is 6.01. The second-order valence-corrected chi connectivity index (χ2v) is 6.77. The average Bonchev–Trinajstić information content (AvgIpc) is 3.18. The van der Waals surface area contributed by atoms with Gasteiger partial charge in [-0.25, -0.2) is 9.18 Å². The fraction of sp³-hybridized carbons (Fsp3) is 0.533. The van der Waals surface area contributed by atoms with E-state index < -0.39 is 17.4 Å². The molecule has 110 valence electrons. The zero-order valence-corrected chi connectivity index (χ0v) is 14.0. The molecular formula is C15H18FIO3.